The molecule has 0 atom stereocenters. The van der Waals surface area contributed by atoms with Crippen molar-refractivity contribution in [2.24, 2.45) is 5.73 Å². The molecule has 0 fully saturated rings. The molecule has 1 aromatic heterocycles. The first-order valence-corrected chi connectivity index (χ1v) is 6.60. The van der Waals surface area contributed by atoms with Gasteiger partial charge in [-0.15, -0.1) is 12.4 Å². The summed E-state index contributed by atoms with van der Waals surface area (Å²) in [7, 11) is 0. The van der Waals surface area contributed by atoms with Gasteiger partial charge in [-0.3, -0.25) is 4.68 Å². The van der Waals surface area contributed by atoms with Crippen LogP contribution in [0.15, 0.2) is 30.6 Å². The highest BCUT2D eigenvalue weighted by atomic mass is 35.5. The fourth-order valence-corrected chi connectivity index (χ4v) is 1.93. The molecule has 2 aromatic rings. The van der Waals surface area contributed by atoms with Gasteiger partial charge in [-0.2, -0.15) is 5.10 Å². The molecule has 0 aliphatic carbocycles. The van der Waals surface area contributed by atoms with Gasteiger partial charge in [-0.05, 0) is 38.0 Å². The molecule has 0 saturated carbocycles. The molecule has 0 amide bonds. The van der Waals surface area contributed by atoms with Crippen molar-refractivity contribution >= 4 is 12.4 Å². The second-order valence-corrected chi connectivity index (χ2v) is 4.93. The second-order valence-electron chi connectivity index (χ2n) is 4.93. The van der Waals surface area contributed by atoms with Crippen molar-refractivity contribution in [1.29, 1.82) is 0 Å². The zero-order valence-electron chi connectivity index (χ0n) is 12.2. The molecule has 1 heterocycles. The lowest BCUT2D eigenvalue weighted by molar-refractivity contribution is 0.241. The Morgan fingerprint density at radius 2 is 2.05 bits per heavy atom. The van der Waals surface area contributed by atoms with E-state index in [-0.39, 0.29) is 18.5 Å². The maximum atomic E-state index is 5.81. The molecule has 0 spiro atoms. The fraction of sp³-hybridized carbons (Fsp3) is 0.400. The highest BCUT2D eigenvalue weighted by Gasteiger charge is 2.07. The number of aryl methyl sites for hydroxylation is 1. The largest absolute Gasteiger partial charge is 0.491 e. The van der Waals surface area contributed by atoms with Gasteiger partial charge in [0.15, 0.2) is 0 Å². The summed E-state index contributed by atoms with van der Waals surface area (Å²) < 4.78 is 7.67. The van der Waals surface area contributed by atoms with E-state index in [4.69, 9.17) is 10.5 Å². The number of aromatic nitrogens is 2. The number of benzene rings is 1. The van der Waals surface area contributed by atoms with E-state index >= 15 is 0 Å². The number of halogens is 1. The van der Waals surface area contributed by atoms with Crippen LogP contribution < -0.4 is 10.5 Å². The Labute approximate surface area is 126 Å². The summed E-state index contributed by atoms with van der Waals surface area (Å²) in [5.41, 5.74) is 8.87. The lowest BCUT2D eigenvalue weighted by Gasteiger charge is -2.13. The zero-order chi connectivity index (χ0) is 13.8. The van der Waals surface area contributed by atoms with E-state index in [1.165, 1.54) is 0 Å². The first-order chi connectivity index (χ1) is 9.10. The zero-order valence-corrected chi connectivity index (χ0v) is 13.0. The Hall–Kier alpha value is -1.52. The van der Waals surface area contributed by atoms with Gasteiger partial charge >= 0.3 is 0 Å². The predicted molar refractivity (Wildman–Crippen MR) is 84.5 cm³/mol. The Kier molecular flexibility index (Phi) is 6.05. The summed E-state index contributed by atoms with van der Waals surface area (Å²) in [5.74, 6) is 0.930. The van der Waals surface area contributed by atoms with Crippen LogP contribution in [0.2, 0.25) is 0 Å². The summed E-state index contributed by atoms with van der Waals surface area (Å²) in [5, 5.41) is 4.29. The monoisotopic (exact) mass is 295 g/mol. The Balaban J connectivity index is 0.00000200. The molecule has 0 bridgehead atoms. The Morgan fingerprint density at radius 1 is 1.30 bits per heavy atom. The van der Waals surface area contributed by atoms with Crippen molar-refractivity contribution in [3.8, 4) is 16.9 Å². The van der Waals surface area contributed by atoms with E-state index in [9.17, 15) is 0 Å². The maximum absolute atomic E-state index is 5.81. The van der Waals surface area contributed by atoms with Crippen LogP contribution in [-0.4, -0.2) is 22.4 Å². The average molecular weight is 296 g/mol. The van der Waals surface area contributed by atoms with Crippen LogP contribution in [0, 0.1) is 6.92 Å². The SMILES string of the molecule is Cc1ccc(-c2cnn(CCN)c2)cc1OC(C)C.Cl. The van der Waals surface area contributed by atoms with Crippen LogP contribution in [0.25, 0.3) is 11.1 Å². The van der Waals surface area contributed by atoms with Gasteiger partial charge in [-0.25, -0.2) is 0 Å². The highest BCUT2D eigenvalue weighted by molar-refractivity contribution is 5.85. The van der Waals surface area contributed by atoms with Crippen LogP contribution in [0.3, 0.4) is 0 Å². The van der Waals surface area contributed by atoms with Gasteiger partial charge in [0.25, 0.3) is 0 Å². The van der Waals surface area contributed by atoms with E-state index < -0.39 is 0 Å². The quantitative estimate of drug-likeness (QED) is 0.922. The van der Waals surface area contributed by atoms with E-state index in [0.29, 0.717) is 6.54 Å². The van der Waals surface area contributed by atoms with E-state index in [2.05, 4.69) is 30.2 Å². The van der Waals surface area contributed by atoms with E-state index in [0.717, 1.165) is 29.0 Å². The molecule has 20 heavy (non-hydrogen) atoms. The van der Waals surface area contributed by atoms with Crippen molar-refractivity contribution in [2.75, 3.05) is 6.54 Å². The molecule has 2 rings (SSSR count). The summed E-state index contributed by atoms with van der Waals surface area (Å²) in [4.78, 5) is 0. The summed E-state index contributed by atoms with van der Waals surface area (Å²) >= 11 is 0. The molecule has 0 aliphatic rings. The van der Waals surface area contributed by atoms with Crippen LogP contribution in [0.4, 0.5) is 0 Å². The lowest BCUT2D eigenvalue weighted by atomic mass is 10.1. The third kappa shape index (κ3) is 3.99. The van der Waals surface area contributed by atoms with Crippen molar-refractivity contribution in [2.45, 2.75) is 33.4 Å². The van der Waals surface area contributed by atoms with Crippen molar-refractivity contribution in [3.05, 3.63) is 36.2 Å². The third-order valence-corrected chi connectivity index (χ3v) is 2.88. The second kappa shape index (κ2) is 7.31. The van der Waals surface area contributed by atoms with Gasteiger partial charge < -0.3 is 10.5 Å². The molecule has 0 aliphatic heterocycles. The molecule has 0 radical (unpaired) electrons. The average Bonchev–Trinajstić information content (AvgIpc) is 2.80. The van der Waals surface area contributed by atoms with Crippen LogP contribution in [0.1, 0.15) is 19.4 Å². The summed E-state index contributed by atoms with van der Waals surface area (Å²) in [6.45, 7) is 7.45. The Morgan fingerprint density at radius 3 is 2.70 bits per heavy atom. The molecule has 110 valence electrons. The maximum Gasteiger partial charge on any atom is 0.123 e. The summed E-state index contributed by atoms with van der Waals surface area (Å²) in [6, 6.07) is 6.23. The van der Waals surface area contributed by atoms with Crippen LogP contribution >= 0.6 is 12.4 Å². The van der Waals surface area contributed by atoms with Gasteiger partial charge in [-0.1, -0.05) is 12.1 Å². The minimum atomic E-state index is 0. The van der Waals surface area contributed by atoms with Crippen LogP contribution in [-0.2, 0) is 6.54 Å². The normalized spacial score (nSPS) is 10.4. The first kappa shape index (κ1) is 16.5. The van der Waals surface area contributed by atoms with Gasteiger partial charge in [0, 0.05) is 18.3 Å². The van der Waals surface area contributed by atoms with Crippen LogP contribution in [0.5, 0.6) is 5.75 Å². The number of ether oxygens (including phenoxy) is 1. The number of nitrogens with two attached hydrogens (primary N) is 1. The number of rotatable bonds is 5. The standard InChI is InChI=1S/C15H21N3O.ClH/c1-11(2)19-15-8-13(5-4-12(15)3)14-9-17-18(10-14)7-6-16;/h4-5,8-11H,6-7,16H2,1-3H3;1H. The van der Waals surface area contributed by atoms with Crippen molar-refractivity contribution in [3.63, 3.8) is 0 Å². The molecule has 5 heteroatoms. The molecule has 1 aromatic carbocycles. The van der Waals surface area contributed by atoms with E-state index in [1.807, 2.05) is 30.9 Å². The molecule has 0 unspecified atom stereocenters. The smallest absolute Gasteiger partial charge is 0.123 e. The van der Waals surface area contributed by atoms with Gasteiger partial charge in [0.2, 0.25) is 0 Å². The molecule has 4 nitrogen and oxygen atoms in total. The third-order valence-electron chi connectivity index (χ3n) is 2.88. The van der Waals surface area contributed by atoms with Gasteiger partial charge in [0.05, 0.1) is 18.8 Å². The number of hydrogen-bond donors (Lipinski definition) is 1. The topological polar surface area (TPSA) is 53.1 Å². The molecule has 0 saturated heterocycles. The highest BCUT2D eigenvalue weighted by Crippen LogP contribution is 2.27. The summed E-state index contributed by atoms with van der Waals surface area (Å²) in [6.07, 6.45) is 4.05. The van der Waals surface area contributed by atoms with Crippen molar-refractivity contribution in [1.82, 2.24) is 9.78 Å². The predicted octanol–water partition coefficient (Wildman–Crippen LogP) is 3.03. The number of hydrogen-bond acceptors (Lipinski definition) is 3. The fourth-order valence-electron chi connectivity index (χ4n) is 1.93. The minimum absolute atomic E-state index is 0. The van der Waals surface area contributed by atoms with Gasteiger partial charge in [0.1, 0.15) is 5.75 Å². The molecular weight excluding hydrogens is 274 g/mol. The Bertz CT molecular complexity index is 552. The minimum Gasteiger partial charge on any atom is -0.491 e. The lowest BCUT2D eigenvalue weighted by Crippen LogP contribution is -2.09. The van der Waals surface area contributed by atoms with E-state index in [1.54, 1.807) is 0 Å². The molecular formula is C15H22ClN3O. The first-order valence-electron chi connectivity index (χ1n) is 6.60. The number of nitrogens with zero attached hydrogens (tertiary/aromatic N) is 2. The van der Waals surface area contributed by atoms with Crippen molar-refractivity contribution < 1.29 is 4.74 Å². The molecule has 2 N–H and O–H groups in total.